The van der Waals surface area contributed by atoms with Gasteiger partial charge < -0.3 is 10.4 Å². The molecule has 0 aliphatic carbocycles. The van der Waals surface area contributed by atoms with Crippen molar-refractivity contribution in [2.75, 3.05) is 5.32 Å². The Bertz CT molecular complexity index is 1160. The Morgan fingerprint density at radius 3 is 2.78 bits per heavy atom. The fourth-order valence-electron chi connectivity index (χ4n) is 2.90. The highest BCUT2D eigenvalue weighted by molar-refractivity contribution is 6.30. The zero-order chi connectivity index (χ0) is 19.7. The third kappa shape index (κ3) is 3.35. The number of nitriles is 1. The van der Waals surface area contributed by atoms with Crippen LogP contribution in [0.2, 0.25) is 5.15 Å². The standard InChI is InChI=1S/C19H15ClN4O3/c1-10-7-13(11(2)22-15-6-4-3-5-12(15)19(26)27)17-23-16(20)14(8-21)18(25)24(17)9-10/h3-7,9,11,22H,1-2H3,(H,26,27)/t11-/m1/s1. The summed E-state index contributed by atoms with van der Waals surface area (Å²) < 4.78 is 1.29. The fraction of sp³-hybridized carbons (Fsp3) is 0.158. The van der Waals surface area contributed by atoms with Gasteiger partial charge in [-0.2, -0.15) is 5.26 Å². The molecular weight excluding hydrogens is 368 g/mol. The van der Waals surface area contributed by atoms with E-state index in [1.807, 2.05) is 19.9 Å². The van der Waals surface area contributed by atoms with Crippen LogP contribution in [0, 0.1) is 18.3 Å². The molecule has 3 rings (SSSR count). The lowest BCUT2D eigenvalue weighted by molar-refractivity contribution is 0.0698. The van der Waals surface area contributed by atoms with Crippen LogP contribution in [0.25, 0.3) is 5.65 Å². The number of nitrogens with one attached hydrogen (secondary N) is 1. The Morgan fingerprint density at radius 2 is 2.11 bits per heavy atom. The van der Waals surface area contributed by atoms with Gasteiger partial charge in [0.25, 0.3) is 5.56 Å². The van der Waals surface area contributed by atoms with Crippen molar-refractivity contribution >= 4 is 28.9 Å². The molecule has 0 amide bonds. The topological polar surface area (TPSA) is 107 Å². The highest BCUT2D eigenvalue weighted by atomic mass is 35.5. The number of rotatable bonds is 4. The number of halogens is 1. The van der Waals surface area contributed by atoms with Gasteiger partial charge in [-0.1, -0.05) is 23.7 Å². The molecule has 7 nitrogen and oxygen atoms in total. The van der Waals surface area contributed by atoms with Crippen LogP contribution in [0.4, 0.5) is 5.69 Å². The highest BCUT2D eigenvalue weighted by Gasteiger charge is 2.18. The molecule has 1 atom stereocenters. The van der Waals surface area contributed by atoms with Gasteiger partial charge in [-0.25, -0.2) is 9.78 Å². The van der Waals surface area contributed by atoms with Crippen LogP contribution in [0.1, 0.15) is 40.0 Å². The van der Waals surface area contributed by atoms with Crippen molar-refractivity contribution in [2.24, 2.45) is 0 Å². The minimum absolute atomic E-state index is 0.135. The van der Waals surface area contributed by atoms with Crippen LogP contribution in [0.5, 0.6) is 0 Å². The maximum absolute atomic E-state index is 12.5. The number of pyridine rings is 1. The molecule has 1 aromatic carbocycles. The second-order valence-electron chi connectivity index (χ2n) is 6.08. The number of anilines is 1. The second-order valence-corrected chi connectivity index (χ2v) is 6.44. The van der Waals surface area contributed by atoms with Crippen LogP contribution in [-0.4, -0.2) is 20.5 Å². The van der Waals surface area contributed by atoms with Gasteiger partial charge in [0.05, 0.1) is 11.6 Å². The Kier molecular flexibility index (Phi) is 4.84. The largest absolute Gasteiger partial charge is 0.478 e. The van der Waals surface area contributed by atoms with E-state index in [4.69, 9.17) is 16.9 Å². The first-order valence-corrected chi connectivity index (χ1v) is 8.42. The van der Waals surface area contributed by atoms with Gasteiger partial charge in [-0.3, -0.25) is 9.20 Å². The van der Waals surface area contributed by atoms with Gasteiger partial charge >= 0.3 is 5.97 Å². The molecule has 0 bridgehead atoms. The molecule has 3 aromatic rings. The summed E-state index contributed by atoms with van der Waals surface area (Å²) in [6.07, 6.45) is 1.59. The minimum Gasteiger partial charge on any atom is -0.478 e. The van der Waals surface area contributed by atoms with E-state index < -0.39 is 11.5 Å². The summed E-state index contributed by atoms with van der Waals surface area (Å²) in [4.78, 5) is 28.2. The third-order valence-electron chi connectivity index (χ3n) is 4.15. The zero-order valence-corrected chi connectivity index (χ0v) is 15.3. The number of benzene rings is 1. The molecule has 136 valence electrons. The molecule has 0 spiro atoms. The first-order valence-electron chi connectivity index (χ1n) is 8.05. The first-order chi connectivity index (χ1) is 12.8. The van der Waals surface area contributed by atoms with E-state index in [-0.39, 0.29) is 22.3 Å². The minimum atomic E-state index is -1.05. The number of hydrogen-bond acceptors (Lipinski definition) is 5. The van der Waals surface area contributed by atoms with E-state index in [1.165, 1.54) is 10.5 Å². The number of aromatic carboxylic acids is 1. The molecular formula is C19H15ClN4O3. The average Bonchev–Trinajstić information content (AvgIpc) is 2.62. The number of para-hydroxylation sites is 1. The van der Waals surface area contributed by atoms with Gasteiger partial charge in [0, 0.05) is 17.4 Å². The van der Waals surface area contributed by atoms with Gasteiger partial charge in [0.1, 0.15) is 11.7 Å². The number of hydrogen-bond donors (Lipinski definition) is 2. The molecule has 0 saturated heterocycles. The van der Waals surface area contributed by atoms with Crippen LogP contribution in [0.15, 0.2) is 41.3 Å². The average molecular weight is 383 g/mol. The fourth-order valence-corrected chi connectivity index (χ4v) is 3.10. The summed E-state index contributed by atoms with van der Waals surface area (Å²) >= 11 is 6.01. The summed E-state index contributed by atoms with van der Waals surface area (Å²) in [5.74, 6) is -1.05. The summed E-state index contributed by atoms with van der Waals surface area (Å²) in [7, 11) is 0. The zero-order valence-electron chi connectivity index (χ0n) is 14.5. The number of carbonyl (C=O) groups is 1. The highest BCUT2D eigenvalue weighted by Crippen LogP contribution is 2.26. The molecule has 0 fully saturated rings. The number of aromatic nitrogens is 2. The molecule has 2 N–H and O–H groups in total. The molecule has 0 saturated carbocycles. The van der Waals surface area contributed by atoms with Crippen LogP contribution in [-0.2, 0) is 0 Å². The maximum atomic E-state index is 12.5. The molecule has 0 aliphatic heterocycles. The lowest BCUT2D eigenvalue weighted by Crippen LogP contribution is -2.21. The van der Waals surface area contributed by atoms with Crippen molar-refractivity contribution < 1.29 is 9.90 Å². The van der Waals surface area contributed by atoms with Gasteiger partial charge in [0.15, 0.2) is 10.7 Å². The molecule has 2 heterocycles. The van der Waals surface area contributed by atoms with Crippen LogP contribution >= 0.6 is 11.6 Å². The van der Waals surface area contributed by atoms with E-state index in [2.05, 4.69) is 10.3 Å². The van der Waals surface area contributed by atoms with E-state index in [0.717, 1.165) is 5.56 Å². The quantitative estimate of drug-likeness (QED) is 0.669. The third-order valence-corrected chi connectivity index (χ3v) is 4.43. The molecule has 8 heteroatoms. The van der Waals surface area contributed by atoms with E-state index in [9.17, 15) is 14.7 Å². The monoisotopic (exact) mass is 382 g/mol. The smallest absolute Gasteiger partial charge is 0.337 e. The second kappa shape index (κ2) is 7.09. The lowest BCUT2D eigenvalue weighted by atomic mass is 10.1. The van der Waals surface area contributed by atoms with Gasteiger partial charge in [-0.15, -0.1) is 0 Å². The normalized spacial score (nSPS) is 11.8. The SMILES string of the molecule is Cc1cc([C@@H](C)Nc2ccccc2C(=O)O)c2nc(Cl)c(C#N)c(=O)n2c1. The molecule has 0 unspecified atom stereocenters. The van der Waals surface area contributed by atoms with Crippen molar-refractivity contribution in [1.29, 1.82) is 5.26 Å². The first kappa shape index (κ1) is 18.4. The summed E-state index contributed by atoms with van der Waals surface area (Å²) in [6.45, 7) is 3.64. The van der Waals surface area contributed by atoms with Crippen LogP contribution < -0.4 is 10.9 Å². The molecule has 27 heavy (non-hydrogen) atoms. The van der Waals surface area contributed by atoms with Gasteiger partial charge in [0.2, 0.25) is 0 Å². The molecule has 2 aromatic heterocycles. The van der Waals surface area contributed by atoms with Crippen molar-refractivity contribution in [2.45, 2.75) is 19.9 Å². The van der Waals surface area contributed by atoms with Gasteiger partial charge in [-0.05, 0) is 37.6 Å². The summed E-state index contributed by atoms with van der Waals surface area (Å²) in [5.41, 5.74) is 1.56. The maximum Gasteiger partial charge on any atom is 0.337 e. The number of carboxylic acid groups (broad SMARTS) is 1. The Labute approximate surface area is 159 Å². The number of carboxylic acids is 1. The number of nitrogens with zero attached hydrogens (tertiary/aromatic N) is 3. The Hall–Kier alpha value is -3.37. The van der Waals surface area contributed by atoms with Crippen molar-refractivity contribution in [3.8, 4) is 6.07 Å². The van der Waals surface area contributed by atoms with Crippen molar-refractivity contribution in [1.82, 2.24) is 9.38 Å². The van der Waals surface area contributed by atoms with Crippen molar-refractivity contribution in [3.05, 3.63) is 74.3 Å². The van der Waals surface area contributed by atoms with E-state index in [0.29, 0.717) is 16.9 Å². The lowest BCUT2D eigenvalue weighted by Gasteiger charge is -2.19. The van der Waals surface area contributed by atoms with E-state index in [1.54, 1.807) is 30.5 Å². The molecule has 0 aliphatic rings. The van der Waals surface area contributed by atoms with E-state index >= 15 is 0 Å². The Morgan fingerprint density at radius 1 is 1.41 bits per heavy atom. The molecule has 0 radical (unpaired) electrons. The number of aryl methyl sites for hydroxylation is 1. The number of fused-ring (bicyclic) bond motifs is 1. The predicted octanol–water partition coefficient (Wildman–Crippen LogP) is 3.40. The van der Waals surface area contributed by atoms with Crippen molar-refractivity contribution in [3.63, 3.8) is 0 Å². The van der Waals surface area contributed by atoms with Crippen LogP contribution in [0.3, 0.4) is 0 Å². The summed E-state index contributed by atoms with van der Waals surface area (Å²) in [5, 5.41) is 21.5. The summed E-state index contributed by atoms with van der Waals surface area (Å²) in [6, 6.07) is 9.78. The Balaban J connectivity index is 2.16. The predicted molar refractivity (Wildman–Crippen MR) is 101 cm³/mol.